The summed E-state index contributed by atoms with van der Waals surface area (Å²) >= 11 is 1.71. The van der Waals surface area contributed by atoms with Crippen molar-refractivity contribution in [1.29, 1.82) is 0 Å². The first-order valence-corrected chi connectivity index (χ1v) is 5.92. The highest BCUT2D eigenvalue weighted by Gasteiger charge is 2.21. The van der Waals surface area contributed by atoms with Crippen LogP contribution in [0.15, 0.2) is 29.9 Å². The maximum absolute atomic E-state index is 4.30. The summed E-state index contributed by atoms with van der Waals surface area (Å²) in [4.78, 5) is 9.81. The molecular weight excluding hydrogens is 206 g/mol. The molecule has 0 bridgehead atoms. The molecule has 0 aromatic carbocycles. The summed E-state index contributed by atoms with van der Waals surface area (Å²) in [5, 5.41) is 5.33. The zero-order chi connectivity index (χ0) is 10.1. The second kappa shape index (κ2) is 3.62. The average molecular weight is 217 g/mol. The van der Waals surface area contributed by atoms with Gasteiger partial charge in [0.1, 0.15) is 0 Å². The van der Waals surface area contributed by atoms with Gasteiger partial charge in [0.25, 0.3) is 0 Å². The SMILES string of the molecule is c1csc(-c2cnc(NC3CC3)nc2)c1. The number of anilines is 1. The van der Waals surface area contributed by atoms with E-state index in [4.69, 9.17) is 0 Å². The number of thiophene rings is 1. The van der Waals surface area contributed by atoms with Crippen molar-refractivity contribution in [2.24, 2.45) is 0 Å². The fourth-order valence-corrected chi connectivity index (χ4v) is 2.09. The van der Waals surface area contributed by atoms with Crippen molar-refractivity contribution in [2.75, 3.05) is 5.32 Å². The zero-order valence-electron chi connectivity index (χ0n) is 8.18. The van der Waals surface area contributed by atoms with Crippen LogP contribution >= 0.6 is 11.3 Å². The van der Waals surface area contributed by atoms with E-state index in [2.05, 4.69) is 26.7 Å². The standard InChI is InChI=1S/C11H11N3S/c1-2-10(15-5-1)8-6-12-11(13-7-8)14-9-3-4-9/h1-2,5-7,9H,3-4H2,(H,12,13,14). The van der Waals surface area contributed by atoms with E-state index in [9.17, 15) is 0 Å². The minimum absolute atomic E-state index is 0.609. The maximum Gasteiger partial charge on any atom is 0.222 e. The van der Waals surface area contributed by atoms with Crippen LogP contribution in [-0.4, -0.2) is 16.0 Å². The summed E-state index contributed by atoms with van der Waals surface area (Å²) in [6.45, 7) is 0. The van der Waals surface area contributed by atoms with Crippen molar-refractivity contribution < 1.29 is 0 Å². The molecule has 1 fully saturated rings. The second-order valence-electron chi connectivity index (χ2n) is 3.69. The third-order valence-corrected chi connectivity index (χ3v) is 3.29. The molecule has 3 nitrogen and oxygen atoms in total. The van der Waals surface area contributed by atoms with Crippen molar-refractivity contribution in [3.8, 4) is 10.4 Å². The molecule has 0 radical (unpaired) electrons. The molecule has 2 aromatic rings. The van der Waals surface area contributed by atoms with Gasteiger partial charge >= 0.3 is 0 Å². The van der Waals surface area contributed by atoms with Gasteiger partial charge in [0.2, 0.25) is 5.95 Å². The van der Waals surface area contributed by atoms with Crippen LogP contribution in [0.1, 0.15) is 12.8 Å². The monoisotopic (exact) mass is 217 g/mol. The van der Waals surface area contributed by atoms with E-state index in [1.807, 2.05) is 18.5 Å². The molecular formula is C11H11N3S. The van der Waals surface area contributed by atoms with Gasteiger partial charge in [-0.15, -0.1) is 11.3 Å². The Morgan fingerprint density at radius 2 is 2.07 bits per heavy atom. The van der Waals surface area contributed by atoms with Crippen LogP contribution in [0.3, 0.4) is 0 Å². The summed E-state index contributed by atoms with van der Waals surface area (Å²) in [6, 6.07) is 4.73. The van der Waals surface area contributed by atoms with Crippen LogP contribution in [0.2, 0.25) is 0 Å². The molecule has 4 heteroatoms. The summed E-state index contributed by atoms with van der Waals surface area (Å²) in [5.74, 6) is 0.748. The highest BCUT2D eigenvalue weighted by atomic mass is 32.1. The van der Waals surface area contributed by atoms with Crippen molar-refractivity contribution in [3.05, 3.63) is 29.9 Å². The normalized spacial score (nSPS) is 15.2. The molecule has 0 atom stereocenters. The van der Waals surface area contributed by atoms with Crippen LogP contribution in [0.4, 0.5) is 5.95 Å². The topological polar surface area (TPSA) is 37.8 Å². The smallest absolute Gasteiger partial charge is 0.222 e. The number of hydrogen-bond acceptors (Lipinski definition) is 4. The quantitative estimate of drug-likeness (QED) is 0.859. The van der Waals surface area contributed by atoms with Gasteiger partial charge in [-0.3, -0.25) is 0 Å². The molecule has 0 spiro atoms. The Kier molecular flexibility index (Phi) is 2.14. The number of aromatic nitrogens is 2. The molecule has 1 N–H and O–H groups in total. The molecule has 15 heavy (non-hydrogen) atoms. The zero-order valence-corrected chi connectivity index (χ0v) is 9.00. The molecule has 1 saturated carbocycles. The summed E-state index contributed by atoms with van der Waals surface area (Å²) in [5.41, 5.74) is 1.09. The first kappa shape index (κ1) is 8.85. The molecule has 0 saturated heterocycles. The minimum Gasteiger partial charge on any atom is -0.351 e. The lowest BCUT2D eigenvalue weighted by molar-refractivity contribution is 1.05. The minimum atomic E-state index is 0.609. The molecule has 1 aliphatic rings. The van der Waals surface area contributed by atoms with Crippen molar-refractivity contribution >= 4 is 17.3 Å². The predicted octanol–water partition coefficient (Wildman–Crippen LogP) is 2.78. The first-order valence-electron chi connectivity index (χ1n) is 5.04. The van der Waals surface area contributed by atoms with Crippen LogP contribution in [0.25, 0.3) is 10.4 Å². The van der Waals surface area contributed by atoms with Crippen molar-refractivity contribution in [3.63, 3.8) is 0 Å². The molecule has 0 aliphatic heterocycles. The van der Waals surface area contributed by atoms with Gasteiger partial charge in [-0.2, -0.15) is 0 Å². The Morgan fingerprint density at radius 3 is 2.67 bits per heavy atom. The lowest BCUT2D eigenvalue weighted by atomic mass is 10.3. The third kappa shape index (κ3) is 1.99. The highest BCUT2D eigenvalue weighted by molar-refractivity contribution is 7.13. The Hall–Kier alpha value is -1.42. The molecule has 3 rings (SSSR count). The van der Waals surface area contributed by atoms with E-state index < -0.39 is 0 Å². The summed E-state index contributed by atoms with van der Waals surface area (Å²) in [6.07, 6.45) is 6.25. The van der Waals surface area contributed by atoms with Crippen LogP contribution < -0.4 is 5.32 Å². The number of nitrogens with one attached hydrogen (secondary N) is 1. The largest absolute Gasteiger partial charge is 0.351 e. The Morgan fingerprint density at radius 1 is 1.27 bits per heavy atom. The number of nitrogens with zero attached hydrogens (tertiary/aromatic N) is 2. The molecule has 1 aliphatic carbocycles. The van der Waals surface area contributed by atoms with Gasteiger partial charge in [-0.1, -0.05) is 6.07 Å². The fourth-order valence-electron chi connectivity index (χ4n) is 1.38. The summed E-state index contributed by atoms with van der Waals surface area (Å²) < 4.78 is 0. The Labute approximate surface area is 92.2 Å². The fraction of sp³-hybridized carbons (Fsp3) is 0.273. The van der Waals surface area contributed by atoms with Gasteiger partial charge < -0.3 is 5.32 Å². The molecule has 2 heterocycles. The van der Waals surface area contributed by atoms with E-state index in [1.165, 1.54) is 17.7 Å². The maximum atomic E-state index is 4.30. The Bertz CT molecular complexity index is 431. The lowest BCUT2D eigenvalue weighted by Gasteiger charge is -2.02. The van der Waals surface area contributed by atoms with Crippen LogP contribution in [0.5, 0.6) is 0 Å². The van der Waals surface area contributed by atoms with E-state index >= 15 is 0 Å². The second-order valence-corrected chi connectivity index (χ2v) is 4.64. The third-order valence-electron chi connectivity index (χ3n) is 2.37. The highest BCUT2D eigenvalue weighted by Crippen LogP contribution is 2.25. The van der Waals surface area contributed by atoms with Gasteiger partial charge in [0, 0.05) is 28.9 Å². The van der Waals surface area contributed by atoms with E-state index in [0.29, 0.717) is 6.04 Å². The van der Waals surface area contributed by atoms with E-state index in [0.717, 1.165) is 11.5 Å². The van der Waals surface area contributed by atoms with Crippen molar-refractivity contribution in [2.45, 2.75) is 18.9 Å². The number of hydrogen-bond donors (Lipinski definition) is 1. The first-order chi connectivity index (χ1) is 7.42. The molecule has 76 valence electrons. The molecule has 2 aromatic heterocycles. The van der Waals surface area contributed by atoms with Crippen molar-refractivity contribution in [1.82, 2.24) is 9.97 Å². The van der Waals surface area contributed by atoms with Crippen LogP contribution in [0, 0.1) is 0 Å². The van der Waals surface area contributed by atoms with Gasteiger partial charge in [0.05, 0.1) is 0 Å². The molecule has 0 amide bonds. The van der Waals surface area contributed by atoms with Gasteiger partial charge in [-0.25, -0.2) is 9.97 Å². The lowest BCUT2D eigenvalue weighted by Crippen LogP contribution is -2.04. The Balaban J connectivity index is 1.80. The van der Waals surface area contributed by atoms with E-state index in [-0.39, 0.29) is 0 Å². The summed E-state index contributed by atoms with van der Waals surface area (Å²) in [7, 11) is 0. The van der Waals surface area contributed by atoms with Crippen LogP contribution in [-0.2, 0) is 0 Å². The van der Waals surface area contributed by atoms with E-state index in [1.54, 1.807) is 11.3 Å². The molecule has 0 unspecified atom stereocenters. The van der Waals surface area contributed by atoms with Gasteiger partial charge in [0.15, 0.2) is 0 Å². The van der Waals surface area contributed by atoms with Gasteiger partial charge in [-0.05, 0) is 24.3 Å². The number of rotatable bonds is 3. The average Bonchev–Trinajstić information content (AvgIpc) is 2.92. The predicted molar refractivity (Wildman–Crippen MR) is 62.0 cm³/mol.